The fourth-order valence-corrected chi connectivity index (χ4v) is 4.44. The van der Waals surface area contributed by atoms with Crippen LogP contribution in [0.4, 0.5) is 10.1 Å². The molecule has 7 heteroatoms. The minimum absolute atomic E-state index is 0.112. The van der Waals surface area contributed by atoms with E-state index >= 15 is 0 Å². The standard InChI is InChI=1S/C16H21FN2O3S/c1-23(21,22)16(7-8-16)15(20)18-13-5-3-9-19(11-13)14-6-2-4-12(17)10-14/h2,4,6,10,13H,3,5,7-9,11H2,1H3,(H,18,20)/t13-/m1/s1. The molecule has 0 spiro atoms. The smallest absolute Gasteiger partial charge is 0.241 e. The second-order valence-corrected chi connectivity index (χ2v) is 8.83. The molecule has 1 atom stereocenters. The molecule has 1 heterocycles. The second-order valence-electron chi connectivity index (χ2n) is 6.50. The van der Waals surface area contributed by atoms with Crippen molar-refractivity contribution < 1.29 is 17.6 Å². The predicted molar refractivity (Wildman–Crippen MR) is 86.6 cm³/mol. The molecule has 0 bridgehead atoms. The van der Waals surface area contributed by atoms with Crippen LogP contribution in [0.3, 0.4) is 0 Å². The van der Waals surface area contributed by atoms with E-state index in [0.29, 0.717) is 19.4 Å². The van der Waals surface area contributed by atoms with Gasteiger partial charge >= 0.3 is 0 Å². The third kappa shape index (κ3) is 3.20. The van der Waals surface area contributed by atoms with Crippen LogP contribution in [0.15, 0.2) is 24.3 Å². The van der Waals surface area contributed by atoms with Gasteiger partial charge in [0.05, 0.1) is 0 Å². The van der Waals surface area contributed by atoms with Crippen molar-refractivity contribution in [1.82, 2.24) is 5.32 Å². The van der Waals surface area contributed by atoms with E-state index in [1.807, 2.05) is 11.0 Å². The van der Waals surface area contributed by atoms with Gasteiger partial charge < -0.3 is 10.2 Å². The van der Waals surface area contributed by atoms with Gasteiger partial charge in [0, 0.05) is 31.1 Å². The molecule has 1 N–H and O–H groups in total. The Bertz CT molecular complexity index is 716. The van der Waals surface area contributed by atoms with Crippen molar-refractivity contribution in [1.29, 1.82) is 0 Å². The molecule has 1 saturated carbocycles. The van der Waals surface area contributed by atoms with E-state index in [9.17, 15) is 17.6 Å². The zero-order chi connectivity index (χ0) is 16.7. The van der Waals surface area contributed by atoms with Gasteiger partial charge in [-0.25, -0.2) is 12.8 Å². The van der Waals surface area contributed by atoms with Gasteiger partial charge in [-0.05, 0) is 43.9 Å². The molecule has 0 radical (unpaired) electrons. The van der Waals surface area contributed by atoms with Crippen LogP contribution in [0.1, 0.15) is 25.7 Å². The van der Waals surface area contributed by atoms with Crippen LogP contribution < -0.4 is 10.2 Å². The van der Waals surface area contributed by atoms with Gasteiger partial charge in [0.2, 0.25) is 5.91 Å². The third-order valence-electron chi connectivity index (χ3n) is 4.76. The Morgan fingerprint density at radius 3 is 2.74 bits per heavy atom. The maximum atomic E-state index is 13.4. The van der Waals surface area contributed by atoms with E-state index in [1.54, 1.807) is 6.07 Å². The van der Waals surface area contributed by atoms with Gasteiger partial charge in [-0.2, -0.15) is 0 Å². The highest BCUT2D eigenvalue weighted by atomic mass is 32.2. The molecule has 126 valence electrons. The van der Waals surface area contributed by atoms with Gasteiger partial charge in [-0.3, -0.25) is 4.79 Å². The van der Waals surface area contributed by atoms with Crippen LogP contribution in [0, 0.1) is 5.82 Å². The van der Waals surface area contributed by atoms with E-state index in [0.717, 1.165) is 31.3 Å². The normalized spacial score (nSPS) is 23.4. The maximum Gasteiger partial charge on any atom is 0.241 e. The lowest BCUT2D eigenvalue weighted by atomic mass is 10.0. The first-order valence-corrected chi connectivity index (χ1v) is 9.72. The lowest BCUT2D eigenvalue weighted by molar-refractivity contribution is -0.122. The van der Waals surface area contributed by atoms with E-state index in [-0.39, 0.29) is 17.8 Å². The summed E-state index contributed by atoms with van der Waals surface area (Å²) >= 11 is 0. The first kappa shape index (κ1) is 16.2. The molecule has 5 nitrogen and oxygen atoms in total. The highest BCUT2D eigenvalue weighted by Crippen LogP contribution is 2.43. The fourth-order valence-electron chi connectivity index (χ4n) is 3.20. The number of hydrogen-bond donors (Lipinski definition) is 1. The van der Waals surface area contributed by atoms with Crippen LogP contribution in [0.5, 0.6) is 0 Å². The van der Waals surface area contributed by atoms with Crippen LogP contribution in [-0.2, 0) is 14.6 Å². The summed E-state index contributed by atoms with van der Waals surface area (Å²) < 4.78 is 35.8. The van der Waals surface area contributed by atoms with Gasteiger partial charge in [0.1, 0.15) is 5.82 Å². The van der Waals surface area contributed by atoms with Gasteiger partial charge in [-0.1, -0.05) is 6.07 Å². The molecule has 1 aliphatic heterocycles. The molecule has 23 heavy (non-hydrogen) atoms. The number of anilines is 1. The Hall–Kier alpha value is -1.63. The fraction of sp³-hybridized carbons (Fsp3) is 0.562. The first-order valence-electron chi connectivity index (χ1n) is 7.83. The monoisotopic (exact) mass is 340 g/mol. The summed E-state index contributed by atoms with van der Waals surface area (Å²) in [6, 6.07) is 6.26. The average Bonchev–Trinajstić information content (AvgIpc) is 3.29. The van der Waals surface area contributed by atoms with Crippen molar-refractivity contribution in [3.8, 4) is 0 Å². The molecule has 1 saturated heterocycles. The van der Waals surface area contributed by atoms with E-state index in [1.165, 1.54) is 12.1 Å². The first-order chi connectivity index (χ1) is 10.8. The summed E-state index contributed by atoms with van der Waals surface area (Å²) in [5.74, 6) is -0.672. The summed E-state index contributed by atoms with van der Waals surface area (Å²) in [4.78, 5) is 14.4. The minimum Gasteiger partial charge on any atom is -0.369 e. The predicted octanol–water partition coefficient (Wildman–Crippen LogP) is 1.49. The van der Waals surface area contributed by atoms with Crippen molar-refractivity contribution >= 4 is 21.4 Å². The van der Waals surface area contributed by atoms with E-state index in [2.05, 4.69) is 5.32 Å². The molecular weight excluding hydrogens is 319 g/mol. The molecule has 1 aromatic rings. The minimum atomic E-state index is -3.39. The zero-order valence-electron chi connectivity index (χ0n) is 13.1. The lowest BCUT2D eigenvalue weighted by Gasteiger charge is -2.35. The molecule has 2 aliphatic rings. The largest absolute Gasteiger partial charge is 0.369 e. The number of sulfone groups is 1. The van der Waals surface area contributed by atoms with E-state index in [4.69, 9.17) is 0 Å². The number of halogens is 1. The van der Waals surface area contributed by atoms with Gasteiger partial charge in [0.25, 0.3) is 0 Å². The Balaban J connectivity index is 1.67. The Morgan fingerprint density at radius 1 is 1.39 bits per heavy atom. The number of hydrogen-bond acceptors (Lipinski definition) is 4. The molecule has 0 aromatic heterocycles. The quantitative estimate of drug-likeness (QED) is 0.902. The Morgan fingerprint density at radius 2 is 2.13 bits per heavy atom. The number of piperidine rings is 1. The molecule has 1 aliphatic carbocycles. The van der Waals surface area contributed by atoms with Crippen LogP contribution in [0.2, 0.25) is 0 Å². The summed E-state index contributed by atoms with van der Waals surface area (Å²) in [6.45, 7) is 1.36. The topological polar surface area (TPSA) is 66.5 Å². The van der Waals surface area contributed by atoms with Gasteiger partial charge in [0.15, 0.2) is 14.6 Å². The second kappa shape index (κ2) is 5.78. The number of amides is 1. The molecule has 2 fully saturated rings. The average molecular weight is 340 g/mol. The number of nitrogens with zero attached hydrogens (tertiary/aromatic N) is 1. The number of carbonyl (C=O) groups is 1. The molecule has 0 unspecified atom stereocenters. The van der Waals surface area contributed by atoms with Crippen LogP contribution in [-0.4, -0.2) is 44.5 Å². The van der Waals surface area contributed by atoms with Crippen molar-refractivity contribution in [2.45, 2.75) is 36.5 Å². The summed E-state index contributed by atoms with van der Waals surface area (Å²) in [5.41, 5.74) is 0.785. The zero-order valence-corrected chi connectivity index (χ0v) is 13.9. The van der Waals surface area contributed by atoms with Gasteiger partial charge in [-0.15, -0.1) is 0 Å². The SMILES string of the molecule is CS(=O)(=O)C1(C(=O)N[C@@H]2CCCN(c3cccc(F)c3)C2)CC1. The highest BCUT2D eigenvalue weighted by molar-refractivity contribution is 7.93. The number of benzene rings is 1. The van der Waals surface area contributed by atoms with Crippen molar-refractivity contribution in [2.24, 2.45) is 0 Å². The summed E-state index contributed by atoms with van der Waals surface area (Å²) in [6.07, 6.45) is 3.60. The number of nitrogens with one attached hydrogen (secondary N) is 1. The van der Waals surface area contributed by atoms with Crippen molar-refractivity contribution in [3.63, 3.8) is 0 Å². The van der Waals surface area contributed by atoms with Crippen molar-refractivity contribution in [2.75, 3.05) is 24.2 Å². The summed E-state index contributed by atoms with van der Waals surface area (Å²) in [7, 11) is -3.39. The van der Waals surface area contributed by atoms with Crippen LogP contribution in [0.25, 0.3) is 0 Å². The van der Waals surface area contributed by atoms with E-state index < -0.39 is 14.6 Å². The third-order valence-corrected chi connectivity index (χ3v) is 6.77. The maximum absolute atomic E-state index is 13.4. The summed E-state index contributed by atoms with van der Waals surface area (Å²) in [5, 5.41) is 2.89. The number of rotatable bonds is 4. The van der Waals surface area contributed by atoms with Crippen LogP contribution >= 0.6 is 0 Å². The molecule has 1 amide bonds. The van der Waals surface area contributed by atoms with Crippen molar-refractivity contribution in [3.05, 3.63) is 30.1 Å². The lowest BCUT2D eigenvalue weighted by Crippen LogP contribution is -2.52. The molecule has 3 rings (SSSR count). The Kier molecular flexibility index (Phi) is 4.08. The number of carbonyl (C=O) groups excluding carboxylic acids is 1. The highest BCUT2D eigenvalue weighted by Gasteiger charge is 2.58. The molecule has 1 aromatic carbocycles. The Labute approximate surface area is 135 Å². The molecular formula is C16H21FN2O3S.